The molecule has 0 saturated heterocycles. The summed E-state index contributed by atoms with van der Waals surface area (Å²) in [5, 5.41) is 0.258. The van der Waals surface area contributed by atoms with E-state index in [4.69, 9.17) is 10.2 Å². The Morgan fingerprint density at radius 1 is 1.26 bits per heavy atom. The third-order valence-corrected chi connectivity index (χ3v) is 8.15. The lowest BCUT2D eigenvalue weighted by Gasteiger charge is -2.35. The smallest absolute Gasteiger partial charge is 0.192 e. The van der Waals surface area contributed by atoms with Crippen LogP contribution in [0.4, 0.5) is 5.69 Å². The Bertz CT molecular complexity index is 478. The number of anilines is 1. The molecule has 19 heavy (non-hydrogen) atoms. The lowest BCUT2D eigenvalue weighted by molar-refractivity contribution is 0.296. The summed E-state index contributed by atoms with van der Waals surface area (Å²) in [6.07, 6.45) is 0.765. The van der Waals surface area contributed by atoms with E-state index >= 15 is 0 Å². The first-order chi connectivity index (χ1) is 8.72. The molecule has 0 fully saturated rings. The molecule has 0 aliphatic rings. The average Bonchev–Trinajstić information content (AvgIpc) is 2.27. The van der Waals surface area contributed by atoms with E-state index < -0.39 is 8.32 Å². The van der Waals surface area contributed by atoms with Crippen molar-refractivity contribution in [2.75, 3.05) is 12.3 Å². The summed E-state index contributed by atoms with van der Waals surface area (Å²) in [6, 6.07) is 7.65. The Morgan fingerprint density at radius 2 is 1.95 bits per heavy atom. The molecular weight excluding hydrogens is 250 g/mol. The fourth-order valence-corrected chi connectivity index (χ4v) is 2.40. The highest BCUT2D eigenvalue weighted by Gasteiger charge is 2.36. The highest BCUT2D eigenvalue weighted by molar-refractivity contribution is 6.74. The van der Waals surface area contributed by atoms with Crippen LogP contribution < -0.4 is 5.73 Å². The molecule has 0 radical (unpaired) electrons. The van der Waals surface area contributed by atoms with Crippen molar-refractivity contribution in [1.82, 2.24) is 0 Å². The lowest BCUT2D eigenvalue weighted by atomic mass is 10.2. The molecule has 0 saturated carbocycles. The molecule has 1 rings (SSSR count). The molecule has 0 spiro atoms. The second kappa shape index (κ2) is 6.27. The van der Waals surface area contributed by atoms with Gasteiger partial charge in [-0.2, -0.15) is 0 Å². The molecule has 0 aliphatic carbocycles. The van der Waals surface area contributed by atoms with Crippen LogP contribution >= 0.6 is 0 Å². The minimum atomic E-state index is -1.63. The molecule has 2 N–H and O–H groups in total. The van der Waals surface area contributed by atoms with Crippen LogP contribution in [0.25, 0.3) is 0 Å². The van der Waals surface area contributed by atoms with Crippen molar-refractivity contribution in [2.24, 2.45) is 0 Å². The molecule has 3 heteroatoms. The standard InChI is InChI=1S/C16H25NOSi/c1-16(2,3)19(4,5)18-12-7-6-9-14-10-8-11-15(17)13-14/h8,10-11,13H,7,12,17H2,1-5H3. The Balaban J connectivity index is 2.44. The fourth-order valence-electron chi connectivity index (χ4n) is 1.35. The zero-order chi connectivity index (χ0) is 14.5. The molecule has 0 heterocycles. The molecule has 1 aromatic rings. The second-order valence-electron chi connectivity index (χ2n) is 6.29. The monoisotopic (exact) mass is 275 g/mol. The Hall–Kier alpha value is -1.24. The number of hydrogen-bond donors (Lipinski definition) is 1. The van der Waals surface area contributed by atoms with Gasteiger partial charge in [0.2, 0.25) is 0 Å². The molecule has 2 nitrogen and oxygen atoms in total. The van der Waals surface area contributed by atoms with Gasteiger partial charge in [0.1, 0.15) is 0 Å². The van der Waals surface area contributed by atoms with Gasteiger partial charge >= 0.3 is 0 Å². The van der Waals surface area contributed by atoms with Crippen LogP contribution in [-0.2, 0) is 4.43 Å². The zero-order valence-corrected chi connectivity index (χ0v) is 13.7. The van der Waals surface area contributed by atoms with Gasteiger partial charge in [-0.1, -0.05) is 38.7 Å². The van der Waals surface area contributed by atoms with Crippen LogP contribution in [0.15, 0.2) is 24.3 Å². The molecular formula is C16H25NOSi. The summed E-state index contributed by atoms with van der Waals surface area (Å²) in [5.41, 5.74) is 7.43. The van der Waals surface area contributed by atoms with E-state index in [1.54, 1.807) is 0 Å². The Morgan fingerprint density at radius 3 is 2.53 bits per heavy atom. The largest absolute Gasteiger partial charge is 0.416 e. The van der Waals surface area contributed by atoms with Crippen molar-refractivity contribution in [2.45, 2.75) is 45.3 Å². The number of nitrogen functional groups attached to an aromatic ring is 1. The topological polar surface area (TPSA) is 35.2 Å². The highest BCUT2D eigenvalue weighted by Crippen LogP contribution is 2.36. The Labute approximate surface area is 118 Å². The predicted molar refractivity (Wildman–Crippen MR) is 85.5 cm³/mol. The zero-order valence-electron chi connectivity index (χ0n) is 12.7. The second-order valence-corrected chi connectivity index (χ2v) is 11.1. The van der Waals surface area contributed by atoms with E-state index in [1.165, 1.54) is 0 Å². The maximum absolute atomic E-state index is 6.07. The van der Waals surface area contributed by atoms with E-state index in [-0.39, 0.29) is 5.04 Å². The number of benzene rings is 1. The fraction of sp³-hybridized carbons (Fsp3) is 0.500. The lowest BCUT2D eigenvalue weighted by Crippen LogP contribution is -2.40. The average molecular weight is 275 g/mol. The van der Waals surface area contributed by atoms with Crippen molar-refractivity contribution in [3.05, 3.63) is 29.8 Å². The summed E-state index contributed by atoms with van der Waals surface area (Å²) in [4.78, 5) is 0. The third kappa shape index (κ3) is 5.10. The summed E-state index contributed by atoms with van der Waals surface area (Å²) in [5.74, 6) is 6.26. The van der Waals surface area contributed by atoms with E-state index in [0.29, 0.717) is 6.61 Å². The summed E-state index contributed by atoms with van der Waals surface area (Å²) < 4.78 is 6.07. The van der Waals surface area contributed by atoms with E-state index in [2.05, 4.69) is 45.7 Å². The van der Waals surface area contributed by atoms with Crippen LogP contribution in [0.3, 0.4) is 0 Å². The predicted octanol–water partition coefficient (Wildman–Crippen LogP) is 4.03. The van der Waals surface area contributed by atoms with Crippen LogP contribution in [0.5, 0.6) is 0 Å². The Kier molecular flexibility index (Phi) is 5.22. The molecule has 1 aromatic carbocycles. The minimum absolute atomic E-state index is 0.258. The van der Waals surface area contributed by atoms with Gasteiger partial charge in [0.25, 0.3) is 0 Å². The first-order valence-electron chi connectivity index (χ1n) is 6.71. The van der Waals surface area contributed by atoms with Crippen molar-refractivity contribution >= 4 is 14.0 Å². The van der Waals surface area contributed by atoms with Crippen molar-refractivity contribution in [1.29, 1.82) is 0 Å². The first-order valence-corrected chi connectivity index (χ1v) is 9.61. The van der Waals surface area contributed by atoms with Gasteiger partial charge < -0.3 is 10.2 Å². The van der Waals surface area contributed by atoms with Crippen LogP contribution in [0.1, 0.15) is 32.8 Å². The molecule has 0 bridgehead atoms. The van der Waals surface area contributed by atoms with E-state index in [9.17, 15) is 0 Å². The van der Waals surface area contributed by atoms with Gasteiger partial charge in [-0.25, -0.2) is 0 Å². The first kappa shape index (κ1) is 15.8. The summed E-state index contributed by atoms with van der Waals surface area (Å²) in [6.45, 7) is 12.0. The van der Waals surface area contributed by atoms with Gasteiger partial charge in [-0.3, -0.25) is 0 Å². The number of rotatable bonds is 3. The van der Waals surface area contributed by atoms with Crippen LogP contribution in [0, 0.1) is 11.8 Å². The maximum atomic E-state index is 6.07. The maximum Gasteiger partial charge on any atom is 0.192 e. The summed E-state index contributed by atoms with van der Waals surface area (Å²) >= 11 is 0. The van der Waals surface area contributed by atoms with Crippen LogP contribution in [-0.4, -0.2) is 14.9 Å². The molecule has 0 amide bonds. The van der Waals surface area contributed by atoms with E-state index in [1.807, 2.05) is 24.3 Å². The number of hydrogen-bond acceptors (Lipinski definition) is 2. The van der Waals surface area contributed by atoms with Crippen molar-refractivity contribution in [3.63, 3.8) is 0 Å². The van der Waals surface area contributed by atoms with Gasteiger partial charge in [0, 0.05) is 24.3 Å². The normalized spacial score (nSPS) is 11.8. The number of nitrogens with two attached hydrogens (primary N) is 1. The molecule has 0 unspecified atom stereocenters. The van der Waals surface area contributed by atoms with E-state index in [0.717, 1.165) is 17.7 Å². The third-order valence-electron chi connectivity index (χ3n) is 3.62. The quantitative estimate of drug-likeness (QED) is 0.391. The van der Waals surface area contributed by atoms with Crippen molar-refractivity contribution < 1.29 is 4.43 Å². The molecule has 0 aliphatic heterocycles. The molecule has 0 atom stereocenters. The molecule has 104 valence electrons. The molecule has 0 aromatic heterocycles. The highest BCUT2D eigenvalue weighted by atomic mass is 28.4. The van der Waals surface area contributed by atoms with Gasteiger partial charge in [0.15, 0.2) is 8.32 Å². The van der Waals surface area contributed by atoms with Crippen molar-refractivity contribution in [3.8, 4) is 11.8 Å². The van der Waals surface area contributed by atoms with Gasteiger partial charge in [-0.05, 0) is 36.3 Å². The minimum Gasteiger partial charge on any atom is -0.416 e. The SMILES string of the molecule is CC(C)(C)[Si](C)(C)OCCC#Cc1cccc(N)c1. The van der Waals surface area contributed by atoms with Crippen LogP contribution in [0.2, 0.25) is 18.1 Å². The summed E-state index contributed by atoms with van der Waals surface area (Å²) in [7, 11) is -1.63. The van der Waals surface area contributed by atoms with Gasteiger partial charge in [0.05, 0.1) is 0 Å². The van der Waals surface area contributed by atoms with Gasteiger partial charge in [-0.15, -0.1) is 0 Å².